The van der Waals surface area contributed by atoms with Gasteiger partial charge in [-0.25, -0.2) is 0 Å². The highest BCUT2D eigenvalue weighted by atomic mass is 16.1. The SMILES string of the molecule is CCCCCC(=O)NC1C=CC(C)(C)CC1. The van der Waals surface area contributed by atoms with E-state index in [1.165, 1.54) is 6.42 Å². The number of amides is 1. The Morgan fingerprint density at radius 3 is 2.75 bits per heavy atom. The summed E-state index contributed by atoms with van der Waals surface area (Å²) < 4.78 is 0. The molecule has 0 fully saturated rings. The lowest BCUT2D eigenvalue weighted by molar-refractivity contribution is -0.121. The van der Waals surface area contributed by atoms with Crippen molar-refractivity contribution in [2.75, 3.05) is 0 Å². The molecule has 0 bridgehead atoms. The number of nitrogens with one attached hydrogen (secondary N) is 1. The van der Waals surface area contributed by atoms with Crippen LogP contribution < -0.4 is 5.32 Å². The average molecular weight is 223 g/mol. The van der Waals surface area contributed by atoms with Crippen molar-refractivity contribution in [1.82, 2.24) is 5.32 Å². The van der Waals surface area contributed by atoms with Crippen molar-refractivity contribution in [3.63, 3.8) is 0 Å². The lowest BCUT2D eigenvalue weighted by Crippen LogP contribution is -2.36. The minimum absolute atomic E-state index is 0.211. The molecule has 1 unspecified atom stereocenters. The van der Waals surface area contributed by atoms with Crippen LogP contribution in [0.25, 0.3) is 0 Å². The summed E-state index contributed by atoms with van der Waals surface area (Å²) in [6.45, 7) is 6.63. The molecule has 2 nitrogen and oxygen atoms in total. The average Bonchev–Trinajstić information content (AvgIpc) is 2.22. The summed E-state index contributed by atoms with van der Waals surface area (Å²) >= 11 is 0. The zero-order chi connectivity index (χ0) is 12.0. The molecule has 16 heavy (non-hydrogen) atoms. The number of carbonyl (C=O) groups is 1. The molecule has 0 spiro atoms. The van der Waals surface area contributed by atoms with Crippen LogP contribution in [0, 0.1) is 5.41 Å². The highest BCUT2D eigenvalue weighted by molar-refractivity contribution is 5.76. The van der Waals surface area contributed by atoms with Crippen LogP contribution in [0.15, 0.2) is 12.2 Å². The fourth-order valence-corrected chi connectivity index (χ4v) is 2.02. The van der Waals surface area contributed by atoms with Crippen LogP contribution in [-0.2, 0) is 4.79 Å². The number of carbonyl (C=O) groups excluding carboxylic acids is 1. The number of allylic oxidation sites excluding steroid dienone is 1. The lowest BCUT2D eigenvalue weighted by Gasteiger charge is -2.28. The Kier molecular flexibility index (Phi) is 5.04. The summed E-state index contributed by atoms with van der Waals surface area (Å²) in [4.78, 5) is 11.6. The van der Waals surface area contributed by atoms with Crippen LogP contribution in [-0.4, -0.2) is 11.9 Å². The van der Waals surface area contributed by atoms with Gasteiger partial charge in [0.15, 0.2) is 0 Å². The molecule has 0 aromatic heterocycles. The molecule has 0 aromatic carbocycles. The van der Waals surface area contributed by atoms with Crippen LogP contribution in [0.5, 0.6) is 0 Å². The second kappa shape index (κ2) is 6.07. The summed E-state index contributed by atoms with van der Waals surface area (Å²) in [5.41, 5.74) is 0.309. The second-order valence-corrected chi connectivity index (χ2v) is 5.52. The van der Waals surface area contributed by atoms with Crippen LogP contribution in [0.2, 0.25) is 0 Å². The van der Waals surface area contributed by atoms with Gasteiger partial charge in [-0.3, -0.25) is 4.79 Å². The van der Waals surface area contributed by atoms with Gasteiger partial charge in [-0.1, -0.05) is 45.8 Å². The standard InChI is InChI=1S/C14H25NO/c1-4-5-6-7-13(16)15-12-8-10-14(2,3)11-9-12/h8,10,12H,4-7,9,11H2,1-3H3,(H,15,16). The maximum atomic E-state index is 11.6. The Morgan fingerprint density at radius 1 is 1.44 bits per heavy atom. The highest BCUT2D eigenvalue weighted by Gasteiger charge is 2.22. The van der Waals surface area contributed by atoms with Crippen LogP contribution in [0.3, 0.4) is 0 Å². The topological polar surface area (TPSA) is 29.1 Å². The third-order valence-corrected chi connectivity index (χ3v) is 3.23. The first-order valence-electron chi connectivity index (χ1n) is 6.52. The molecule has 0 aromatic rings. The zero-order valence-electron chi connectivity index (χ0n) is 10.9. The van der Waals surface area contributed by atoms with Gasteiger partial charge >= 0.3 is 0 Å². The molecule has 0 heterocycles. The first-order chi connectivity index (χ1) is 7.53. The maximum absolute atomic E-state index is 11.6. The molecule has 1 rings (SSSR count). The number of rotatable bonds is 5. The molecule has 0 saturated carbocycles. The van der Waals surface area contributed by atoms with E-state index in [0.29, 0.717) is 11.8 Å². The van der Waals surface area contributed by atoms with Crippen molar-refractivity contribution in [2.45, 2.75) is 65.3 Å². The van der Waals surface area contributed by atoms with Crippen LogP contribution in [0.4, 0.5) is 0 Å². The third-order valence-electron chi connectivity index (χ3n) is 3.23. The molecule has 92 valence electrons. The lowest BCUT2D eigenvalue weighted by atomic mass is 9.81. The third kappa shape index (κ3) is 4.82. The molecule has 1 atom stereocenters. The minimum atomic E-state index is 0.211. The Morgan fingerprint density at radius 2 is 2.19 bits per heavy atom. The Hall–Kier alpha value is -0.790. The summed E-state index contributed by atoms with van der Waals surface area (Å²) in [7, 11) is 0. The van der Waals surface area contributed by atoms with Gasteiger partial charge in [0.05, 0.1) is 0 Å². The first-order valence-corrected chi connectivity index (χ1v) is 6.52. The molecule has 0 aliphatic heterocycles. The first kappa shape index (κ1) is 13.3. The van der Waals surface area contributed by atoms with Gasteiger partial charge in [0.2, 0.25) is 5.91 Å². The Bertz CT molecular complexity index is 255. The number of hydrogen-bond acceptors (Lipinski definition) is 1. The van der Waals surface area contributed by atoms with Crippen molar-refractivity contribution in [2.24, 2.45) is 5.41 Å². The van der Waals surface area contributed by atoms with Gasteiger partial charge in [0, 0.05) is 12.5 Å². The highest BCUT2D eigenvalue weighted by Crippen LogP contribution is 2.29. The molecule has 0 radical (unpaired) electrons. The normalized spacial score (nSPS) is 23.1. The number of unbranched alkanes of at least 4 members (excludes halogenated alkanes) is 2. The van der Waals surface area contributed by atoms with Crippen LogP contribution in [0.1, 0.15) is 59.3 Å². The van der Waals surface area contributed by atoms with Gasteiger partial charge < -0.3 is 5.32 Å². The van der Waals surface area contributed by atoms with Gasteiger partial charge in [-0.2, -0.15) is 0 Å². The molecule has 2 heteroatoms. The zero-order valence-corrected chi connectivity index (χ0v) is 10.9. The monoisotopic (exact) mass is 223 g/mol. The van der Waals surface area contributed by atoms with E-state index in [2.05, 4.69) is 38.2 Å². The quantitative estimate of drug-likeness (QED) is 0.561. The number of hydrogen-bond donors (Lipinski definition) is 1. The fourth-order valence-electron chi connectivity index (χ4n) is 2.02. The molecule has 1 aliphatic rings. The minimum Gasteiger partial charge on any atom is -0.350 e. The maximum Gasteiger partial charge on any atom is 0.220 e. The summed E-state index contributed by atoms with van der Waals surface area (Å²) in [6.07, 6.45) is 10.6. The summed E-state index contributed by atoms with van der Waals surface area (Å²) in [5.74, 6) is 0.211. The van der Waals surface area contributed by atoms with Gasteiger partial charge in [-0.05, 0) is 24.7 Å². The Balaban J connectivity index is 2.25. The van der Waals surface area contributed by atoms with Crippen molar-refractivity contribution in [1.29, 1.82) is 0 Å². The van der Waals surface area contributed by atoms with E-state index >= 15 is 0 Å². The molecule has 1 amide bonds. The predicted molar refractivity (Wildman–Crippen MR) is 68.2 cm³/mol. The van der Waals surface area contributed by atoms with E-state index in [1.54, 1.807) is 0 Å². The van der Waals surface area contributed by atoms with E-state index in [0.717, 1.165) is 25.7 Å². The van der Waals surface area contributed by atoms with E-state index < -0.39 is 0 Å². The van der Waals surface area contributed by atoms with Gasteiger partial charge in [0.25, 0.3) is 0 Å². The van der Waals surface area contributed by atoms with Gasteiger partial charge in [-0.15, -0.1) is 0 Å². The molecular formula is C14H25NO. The van der Waals surface area contributed by atoms with Crippen molar-refractivity contribution >= 4 is 5.91 Å². The smallest absolute Gasteiger partial charge is 0.220 e. The van der Waals surface area contributed by atoms with E-state index in [1.807, 2.05) is 0 Å². The summed E-state index contributed by atoms with van der Waals surface area (Å²) in [6, 6.07) is 0.266. The summed E-state index contributed by atoms with van der Waals surface area (Å²) in [5, 5.41) is 3.09. The molecular weight excluding hydrogens is 198 g/mol. The van der Waals surface area contributed by atoms with Crippen molar-refractivity contribution < 1.29 is 4.79 Å². The van der Waals surface area contributed by atoms with Crippen molar-refractivity contribution in [3.05, 3.63) is 12.2 Å². The Labute approximate surface area is 99.5 Å². The fraction of sp³-hybridized carbons (Fsp3) is 0.786. The molecule has 1 N–H and O–H groups in total. The van der Waals surface area contributed by atoms with E-state index in [4.69, 9.17) is 0 Å². The van der Waals surface area contributed by atoms with E-state index in [-0.39, 0.29) is 11.9 Å². The van der Waals surface area contributed by atoms with Gasteiger partial charge in [0.1, 0.15) is 0 Å². The predicted octanol–water partition coefficient (Wildman–Crippen LogP) is 3.43. The largest absolute Gasteiger partial charge is 0.350 e. The molecule has 0 saturated heterocycles. The van der Waals surface area contributed by atoms with Crippen LogP contribution >= 0.6 is 0 Å². The molecule has 1 aliphatic carbocycles. The second-order valence-electron chi connectivity index (χ2n) is 5.52. The van der Waals surface area contributed by atoms with Crippen molar-refractivity contribution in [3.8, 4) is 0 Å². The van der Waals surface area contributed by atoms with E-state index in [9.17, 15) is 4.79 Å².